The molecule has 0 saturated heterocycles. The lowest BCUT2D eigenvalue weighted by atomic mass is 10.3. The molecule has 0 aliphatic rings. The summed E-state index contributed by atoms with van der Waals surface area (Å²) in [4.78, 5) is 6.16. The molecule has 0 aliphatic carbocycles. The summed E-state index contributed by atoms with van der Waals surface area (Å²) in [7, 11) is 0. The van der Waals surface area contributed by atoms with Gasteiger partial charge in [-0.05, 0) is 31.2 Å². The van der Waals surface area contributed by atoms with Crippen molar-refractivity contribution in [3.63, 3.8) is 0 Å². The van der Waals surface area contributed by atoms with Gasteiger partial charge in [-0.1, -0.05) is 24.9 Å². The lowest BCUT2D eigenvalue weighted by Crippen LogP contribution is -1.77. The Hall–Kier alpha value is -0.760. The third-order valence-corrected chi connectivity index (χ3v) is 2.07. The van der Waals surface area contributed by atoms with Crippen molar-refractivity contribution in [3.8, 4) is 0 Å². The van der Waals surface area contributed by atoms with Crippen molar-refractivity contribution in [3.05, 3.63) is 34.7 Å². The van der Waals surface area contributed by atoms with E-state index in [0.29, 0.717) is 0 Å². The van der Waals surface area contributed by atoms with Gasteiger partial charge < -0.3 is 0 Å². The fourth-order valence-electron chi connectivity index (χ4n) is 0.554. The number of aliphatic imine (C=N–C) groups is 1. The van der Waals surface area contributed by atoms with Crippen LogP contribution in [0, 0.1) is 0 Å². The molecule has 12 heavy (non-hydrogen) atoms. The van der Waals surface area contributed by atoms with Crippen LogP contribution in [0.25, 0.3) is 0 Å². The summed E-state index contributed by atoms with van der Waals surface area (Å²) in [6, 6.07) is 0. The average Bonchev–Trinajstić information content (AvgIpc) is 1.96. The van der Waals surface area contributed by atoms with Gasteiger partial charge in [-0.3, -0.25) is 4.99 Å². The summed E-state index contributed by atoms with van der Waals surface area (Å²) in [5.41, 5.74) is 1.02. The normalized spacial score (nSPS) is 12.1. The monoisotopic (exact) mass is 181 g/mol. The molecular weight excluding hydrogens is 166 g/mol. The summed E-state index contributed by atoms with van der Waals surface area (Å²) in [6.45, 7) is 13.5. The van der Waals surface area contributed by atoms with Crippen LogP contribution in [0.2, 0.25) is 0 Å². The highest BCUT2D eigenvalue weighted by Crippen LogP contribution is 2.28. The molecule has 0 aliphatic heterocycles. The Balaban J connectivity index is 4.43. The molecule has 0 saturated carbocycles. The van der Waals surface area contributed by atoms with Crippen molar-refractivity contribution in [2.45, 2.75) is 20.8 Å². The van der Waals surface area contributed by atoms with Gasteiger partial charge in [-0.25, -0.2) is 0 Å². The summed E-state index contributed by atoms with van der Waals surface area (Å²) in [6.07, 6.45) is 3.56. The number of nitrogens with zero attached hydrogens (tertiary/aromatic N) is 1. The Morgan fingerprint density at radius 3 is 2.25 bits per heavy atom. The molecule has 0 amide bonds. The molecule has 0 fully saturated rings. The SMILES string of the molecule is C=C(C)S/C(=C/N=CC)C(=C)C. The molecule has 0 aromatic heterocycles. The number of hydrogen-bond donors (Lipinski definition) is 0. The fraction of sp³-hybridized carbons (Fsp3) is 0.300. The summed E-state index contributed by atoms with van der Waals surface area (Å²) < 4.78 is 0. The molecule has 0 spiro atoms. The number of rotatable bonds is 4. The van der Waals surface area contributed by atoms with Crippen molar-refractivity contribution in [1.29, 1.82) is 0 Å². The molecule has 0 N–H and O–H groups in total. The predicted octanol–water partition coefficient (Wildman–Crippen LogP) is 3.76. The van der Waals surface area contributed by atoms with Crippen LogP contribution in [-0.4, -0.2) is 6.21 Å². The second-order valence-corrected chi connectivity index (χ2v) is 3.83. The Morgan fingerprint density at radius 2 is 1.92 bits per heavy atom. The standard InChI is InChI=1S/C10H15NS/c1-6-11-7-10(8(2)3)12-9(4)5/h6-7H,2,4H2,1,3,5H3/b10-7+,11-6?. The number of thioether (sulfide) groups is 1. The minimum Gasteiger partial charge on any atom is -0.268 e. The topological polar surface area (TPSA) is 12.4 Å². The quantitative estimate of drug-likeness (QED) is 0.475. The first-order valence-electron chi connectivity index (χ1n) is 3.75. The molecule has 0 unspecified atom stereocenters. The van der Waals surface area contributed by atoms with Crippen LogP contribution in [0.15, 0.2) is 39.7 Å². The van der Waals surface area contributed by atoms with Crippen LogP contribution in [0.3, 0.4) is 0 Å². The first-order chi connectivity index (χ1) is 5.57. The maximum Gasteiger partial charge on any atom is 0.0405 e. The van der Waals surface area contributed by atoms with Crippen molar-refractivity contribution in [2.75, 3.05) is 0 Å². The molecule has 0 atom stereocenters. The van der Waals surface area contributed by atoms with E-state index < -0.39 is 0 Å². The van der Waals surface area contributed by atoms with Gasteiger partial charge in [-0.2, -0.15) is 0 Å². The van der Waals surface area contributed by atoms with Gasteiger partial charge in [0, 0.05) is 17.3 Å². The Kier molecular flexibility index (Phi) is 5.47. The molecule has 0 bridgehead atoms. The zero-order chi connectivity index (χ0) is 9.56. The minimum absolute atomic E-state index is 1.02. The first kappa shape index (κ1) is 11.2. The van der Waals surface area contributed by atoms with E-state index in [0.717, 1.165) is 15.4 Å². The molecule has 0 rings (SSSR count). The maximum atomic E-state index is 4.04. The number of hydrogen-bond acceptors (Lipinski definition) is 2. The Morgan fingerprint density at radius 1 is 1.33 bits per heavy atom. The molecule has 0 aromatic rings. The van der Waals surface area contributed by atoms with Crippen LogP contribution < -0.4 is 0 Å². The Bertz CT molecular complexity index is 236. The molecular formula is C10H15NS. The van der Waals surface area contributed by atoms with Crippen LogP contribution in [0.5, 0.6) is 0 Å². The molecule has 0 aromatic carbocycles. The molecule has 66 valence electrons. The minimum atomic E-state index is 1.02. The fourth-order valence-corrected chi connectivity index (χ4v) is 1.22. The van der Waals surface area contributed by atoms with Gasteiger partial charge in [0.2, 0.25) is 0 Å². The molecule has 2 heteroatoms. The second kappa shape index (κ2) is 5.84. The van der Waals surface area contributed by atoms with Gasteiger partial charge >= 0.3 is 0 Å². The first-order valence-corrected chi connectivity index (χ1v) is 4.56. The third-order valence-electron chi connectivity index (χ3n) is 1.05. The zero-order valence-corrected chi connectivity index (χ0v) is 8.74. The van der Waals surface area contributed by atoms with E-state index in [-0.39, 0.29) is 0 Å². The highest BCUT2D eigenvalue weighted by molar-refractivity contribution is 8.06. The summed E-state index contributed by atoms with van der Waals surface area (Å²) >= 11 is 1.60. The highest BCUT2D eigenvalue weighted by Gasteiger charge is 1.97. The van der Waals surface area contributed by atoms with Crippen molar-refractivity contribution < 1.29 is 0 Å². The summed E-state index contributed by atoms with van der Waals surface area (Å²) in [5, 5.41) is 0. The van der Waals surface area contributed by atoms with Gasteiger partial charge in [-0.15, -0.1) is 0 Å². The van der Waals surface area contributed by atoms with Gasteiger partial charge in [0.05, 0.1) is 0 Å². The highest BCUT2D eigenvalue weighted by atomic mass is 32.2. The van der Waals surface area contributed by atoms with Crippen molar-refractivity contribution >= 4 is 18.0 Å². The smallest absolute Gasteiger partial charge is 0.0405 e. The van der Waals surface area contributed by atoms with Gasteiger partial charge in [0.15, 0.2) is 0 Å². The largest absolute Gasteiger partial charge is 0.268 e. The van der Waals surface area contributed by atoms with Gasteiger partial charge in [0.1, 0.15) is 0 Å². The lowest BCUT2D eigenvalue weighted by molar-refractivity contribution is 1.46. The van der Waals surface area contributed by atoms with E-state index in [2.05, 4.69) is 18.2 Å². The second-order valence-electron chi connectivity index (χ2n) is 2.49. The van der Waals surface area contributed by atoms with E-state index in [1.165, 1.54) is 0 Å². The Labute approximate surface area is 79.0 Å². The third kappa shape index (κ3) is 4.97. The number of allylic oxidation sites excluding steroid dienone is 2. The van der Waals surface area contributed by atoms with Crippen LogP contribution in [0.1, 0.15) is 20.8 Å². The van der Waals surface area contributed by atoms with Gasteiger partial charge in [0.25, 0.3) is 0 Å². The maximum absolute atomic E-state index is 4.04. The van der Waals surface area contributed by atoms with Crippen LogP contribution >= 0.6 is 11.8 Å². The van der Waals surface area contributed by atoms with Crippen molar-refractivity contribution in [1.82, 2.24) is 0 Å². The van der Waals surface area contributed by atoms with E-state index >= 15 is 0 Å². The van der Waals surface area contributed by atoms with E-state index in [4.69, 9.17) is 0 Å². The van der Waals surface area contributed by atoms with E-state index in [9.17, 15) is 0 Å². The predicted molar refractivity (Wildman–Crippen MR) is 59.5 cm³/mol. The van der Waals surface area contributed by atoms with Crippen molar-refractivity contribution in [2.24, 2.45) is 4.99 Å². The zero-order valence-electron chi connectivity index (χ0n) is 7.92. The molecule has 0 heterocycles. The van der Waals surface area contributed by atoms with E-state index in [1.54, 1.807) is 18.0 Å². The molecule has 0 radical (unpaired) electrons. The van der Waals surface area contributed by atoms with E-state index in [1.807, 2.05) is 27.0 Å². The lowest BCUT2D eigenvalue weighted by Gasteiger charge is -2.03. The van der Waals surface area contributed by atoms with Crippen LogP contribution in [0.4, 0.5) is 0 Å². The van der Waals surface area contributed by atoms with Crippen LogP contribution in [-0.2, 0) is 0 Å². The summed E-state index contributed by atoms with van der Waals surface area (Å²) in [5.74, 6) is 0. The average molecular weight is 181 g/mol. The molecule has 1 nitrogen and oxygen atoms in total.